The number of esters is 1. The molecule has 0 aromatic rings. The fourth-order valence-electron chi connectivity index (χ4n) is 0.686. The van der Waals surface area contributed by atoms with Crippen LogP contribution in [0.15, 0.2) is 17.6 Å². The topological polar surface area (TPSA) is 47.9 Å². The molecule has 1 unspecified atom stereocenters. The first-order chi connectivity index (χ1) is 6.70. The van der Waals surface area contributed by atoms with E-state index in [1.807, 2.05) is 0 Å². The number of hydrogen-bond acceptors (Lipinski definition) is 5. The van der Waals surface area contributed by atoms with Crippen molar-refractivity contribution in [3.05, 3.63) is 12.7 Å². The summed E-state index contributed by atoms with van der Waals surface area (Å²) in [5.41, 5.74) is 0. The van der Waals surface area contributed by atoms with Gasteiger partial charge in [0.05, 0.1) is 24.9 Å². The maximum Gasteiger partial charge on any atom is 0.330 e. The summed E-state index contributed by atoms with van der Waals surface area (Å²) in [5, 5.41) is 2.23. The Bertz CT molecular complexity index is 236. The molecule has 1 atom stereocenters. The lowest BCUT2D eigenvalue weighted by molar-refractivity contribution is -0.144. The van der Waals surface area contributed by atoms with Gasteiger partial charge in [0.1, 0.15) is 6.10 Å². The Morgan fingerprint density at radius 3 is 3.07 bits per heavy atom. The first-order valence-corrected chi connectivity index (χ1v) is 4.56. The first-order valence-electron chi connectivity index (χ1n) is 4.15. The number of isothiocyanates is 1. The predicted molar refractivity (Wildman–Crippen MR) is 56.5 cm³/mol. The standard InChI is InChI=1S/C9H13NO3S/c1-3-9(11)13-8(2)6-12-5-4-10-7-14/h3,8H,1,4-6H2,2H3. The molecule has 0 aromatic carbocycles. The van der Waals surface area contributed by atoms with Crippen molar-refractivity contribution in [1.82, 2.24) is 0 Å². The molecule has 78 valence electrons. The molecule has 0 N–H and O–H groups in total. The van der Waals surface area contributed by atoms with Gasteiger partial charge in [0.2, 0.25) is 0 Å². The summed E-state index contributed by atoms with van der Waals surface area (Å²) in [6, 6.07) is 0. The zero-order chi connectivity index (χ0) is 10.8. The van der Waals surface area contributed by atoms with Crippen LogP contribution in [0.25, 0.3) is 0 Å². The van der Waals surface area contributed by atoms with E-state index in [1.165, 1.54) is 0 Å². The Balaban J connectivity index is 3.43. The highest BCUT2D eigenvalue weighted by Gasteiger charge is 2.05. The summed E-state index contributed by atoms with van der Waals surface area (Å²) in [6.45, 7) is 6.29. The van der Waals surface area contributed by atoms with Gasteiger partial charge in [0.15, 0.2) is 0 Å². The molecule has 0 saturated heterocycles. The van der Waals surface area contributed by atoms with Crippen LogP contribution in [0.2, 0.25) is 0 Å². The van der Waals surface area contributed by atoms with Crippen molar-refractivity contribution in [3.63, 3.8) is 0 Å². The molecule has 14 heavy (non-hydrogen) atoms. The lowest BCUT2D eigenvalue weighted by Gasteiger charge is -2.11. The van der Waals surface area contributed by atoms with Crippen LogP contribution in [-0.2, 0) is 14.3 Å². The third-order valence-electron chi connectivity index (χ3n) is 1.25. The van der Waals surface area contributed by atoms with E-state index in [0.717, 1.165) is 6.08 Å². The lowest BCUT2D eigenvalue weighted by atomic mass is 10.4. The lowest BCUT2D eigenvalue weighted by Crippen LogP contribution is -2.19. The fraction of sp³-hybridized carbons (Fsp3) is 0.556. The van der Waals surface area contributed by atoms with E-state index in [4.69, 9.17) is 9.47 Å². The van der Waals surface area contributed by atoms with Crippen molar-refractivity contribution in [2.75, 3.05) is 19.8 Å². The maximum atomic E-state index is 10.7. The molecule has 0 aliphatic carbocycles. The second-order valence-electron chi connectivity index (χ2n) is 2.50. The normalized spacial score (nSPS) is 11.2. The minimum atomic E-state index is -0.446. The van der Waals surface area contributed by atoms with Gasteiger partial charge >= 0.3 is 5.97 Å². The highest BCUT2D eigenvalue weighted by atomic mass is 32.1. The Morgan fingerprint density at radius 2 is 2.50 bits per heavy atom. The molecule has 0 rings (SSSR count). The smallest absolute Gasteiger partial charge is 0.330 e. The minimum absolute atomic E-state index is 0.281. The van der Waals surface area contributed by atoms with E-state index in [1.54, 1.807) is 6.92 Å². The van der Waals surface area contributed by atoms with Gasteiger partial charge in [-0.2, -0.15) is 0 Å². The van der Waals surface area contributed by atoms with Crippen molar-refractivity contribution >= 4 is 23.3 Å². The number of aliphatic imine (C=N–C) groups is 1. The number of hydrogen-bond donors (Lipinski definition) is 0. The van der Waals surface area contributed by atoms with Gasteiger partial charge in [-0.1, -0.05) is 6.58 Å². The highest BCUT2D eigenvalue weighted by Crippen LogP contribution is 1.93. The minimum Gasteiger partial charge on any atom is -0.457 e. The van der Waals surface area contributed by atoms with Crippen molar-refractivity contribution in [2.24, 2.45) is 4.99 Å². The Kier molecular flexibility index (Phi) is 7.93. The second kappa shape index (κ2) is 8.56. The van der Waals surface area contributed by atoms with E-state index in [-0.39, 0.29) is 6.10 Å². The molecule has 4 nitrogen and oxygen atoms in total. The van der Waals surface area contributed by atoms with Crippen molar-refractivity contribution in [3.8, 4) is 0 Å². The number of nitrogens with zero attached hydrogens (tertiary/aromatic N) is 1. The van der Waals surface area contributed by atoms with Crippen LogP contribution in [0.1, 0.15) is 6.92 Å². The largest absolute Gasteiger partial charge is 0.457 e. The molecule has 0 spiro atoms. The Hall–Kier alpha value is -1.03. The molecule has 0 aliphatic rings. The van der Waals surface area contributed by atoms with Crippen LogP contribution in [0, 0.1) is 0 Å². The van der Waals surface area contributed by atoms with Crippen molar-refractivity contribution in [1.29, 1.82) is 0 Å². The summed E-state index contributed by atoms with van der Waals surface area (Å²) in [7, 11) is 0. The SMILES string of the molecule is C=CC(=O)OC(C)COCCN=C=S. The van der Waals surface area contributed by atoms with E-state index in [2.05, 4.69) is 29.0 Å². The Labute approximate surface area is 88.6 Å². The van der Waals surface area contributed by atoms with E-state index < -0.39 is 5.97 Å². The quantitative estimate of drug-likeness (QED) is 0.211. The van der Waals surface area contributed by atoms with Gasteiger partial charge in [-0.25, -0.2) is 9.79 Å². The third-order valence-corrected chi connectivity index (χ3v) is 1.38. The number of ether oxygens (including phenoxy) is 2. The van der Waals surface area contributed by atoms with E-state index in [9.17, 15) is 4.79 Å². The molecule has 0 radical (unpaired) electrons. The van der Waals surface area contributed by atoms with Crippen LogP contribution >= 0.6 is 12.2 Å². The number of carbonyl (C=O) groups excluding carboxylic acids is 1. The van der Waals surface area contributed by atoms with Gasteiger partial charge in [-0.3, -0.25) is 0 Å². The summed E-state index contributed by atoms with van der Waals surface area (Å²) < 4.78 is 10.0. The van der Waals surface area contributed by atoms with E-state index in [0.29, 0.717) is 19.8 Å². The van der Waals surface area contributed by atoms with Crippen molar-refractivity contribution < 1.29 is 14.3 Å². The average molecular weight is 215 g/mol. The molecule has 0 bridgehead atoms. The van der Waals surface area contributed by atoms with Crippen LogP contribution in [0.4, 0.5) is 0 Å². The van der Waals surface area contributed by atoms with Gasteiger partial charge in [-0.15, -0.1) is 0 Å². The first kappa shape index (κ1) is 13.0. The molecule has 0 fully saturated rings. The number of thiocarbonyl (C=S) groups is 1. The van der Waals surface area contributed by atoms with Crippen LogP contribution in [-0.4, -0.2) is 37.0 Å². The zero-order valence-electron chi connectivity index (χ0n) is 8.06. The molecule has 0 saturated carbocycles. The van der Waals surface area contributed by atoms with Crippen LogP contribution in [0.5, 0.6) is 0 Å². The number of rotatable bonds is 7. The summed E-state index contributed by atoms with van der Waals surface area (Å²) >= 11 is 4.37. The van der Waals surface area contributed by atoms with Gasteiger partial charge in [0, 0.05) is 6.08 Å². The molecule has 0 aromatic heterocycles. The average Bonchev–Trinajstić information content (AvgIpc) is 2.17. The van der Waals surface area contributed by atoms with Crippen LogP contribution in [0.3, 0.4) is 0 Å². The molecule has 0 aliphatic heterocycles. The van der Waals surface area contributed by atoms with Crippen LogP contribution < -0.4 is 0 Å². The van der Waals surface area contributed by atoms with E-state index >= 15 is 0 Å². The highest BCUT2D eigenvalue weighted by molar-refractivity contribution is 7.78. The summed E-state index contributed by atoms with van der Waals surface area (Å²) in [6.07, 6.45) is 0.837. The monoisotopic (exact) mass is 215 g/mol. The predicted octanol–water partition coefficient (Wildman–Crippen LogP) is 1.22. The molecule has 5 heteroatoms. The van der Waals surface area contributed by atoms with Crippen molar-refractivity contribution in [2.45, 2.75) is 13.0 Å². The maximum absolute atomic E-state index is 10.7. The summed E-state index contributed by atoms with van der Waals surface area (Å²) in [4.78, 5) is 14.4. The molecular weight excluding hydrogens is 202 g/mol. The molecule has 0 heterocycles. The molecular formula is C9H13NO3S. The summed E-state index contributed by atoms with van der Waals surface area (Å²) in [5.74, 6) is -0.446. The Morgan fingerprint density at radius 1 is 1.79 bits per heavy atom. The molecule has 0 amide bonds. The second-order valence-corrected chi connectivity index (χ2v) is 2.68. The number of carbonyl (C=O) groups is 1. The van der Waals surface area contributed by atoms with Gasteiger partial charge in [0.25, 0.3) is 0 Å². The van der Waals surface area contributed by atoms with Gasteiger partial charge in [-0.05, 0) is 19.1 Å². The third kappa shape index (κ3) is 7.61. The fourth-order valence-corrected chi connectivity index (χ4v) is 0.777. The zero-order valence-corrected chi connectivity index (χ0v) is 8.88. The van der Waals surface area contributed by atoms with Gasteiger partial charge < -0.3 is 9.47 Å².